The van der Waals surface area contributed by atoms with Crippen LogP contribution in [0.4, 0.5) is 0 Å². The molecule has 38 heavy (non-hydrogen) atoms. The largest absolute Gasteiger partial charge is 0.396 e. The summed E-state index contributed by atoms with van der Waals surface area (Å²) in [6.07, 6.45) is 21.9. The summed E-state index contributed by atoms with van der Waals surface area (Å²) < 4.78 is 0. The Morgan fingerprint density at radius 3 is 1.00 bits per heavy atom. The van der Waals surface area contributed by atoms with Crippen LogP contribution in [0.1, 0.15) is 135 Å². The molecule has 0 aliphatic heterocycles. The maximum Gasteiger partial charge on any atom is 0.0681 e. The molecule has 0 fully saturated rings. The van der Waals surface area contributed by atoms with E-state index in [1.165, 1.54) is 107 Å². The number of aryl methyl sites for hydroxylation is 1. The van der Waals surface area contributed by atoms with Crippen molar-refractivity contribution in [2.75, 3.05) is 13.2 Å². The molecule has 3 nitrogen and oxygen atoms in total. The monoisotopic (exact) mass is 528 g/mol. The Bertz CT molecular complexity index is 645. The van der Waals surface area contributed by atoms with Crippen molar-refractivity contribution >= 4 is 0 Å². The van der Waals surface area contributed by atoms with Crippen molar-refractivity contribution < 1.29 is 15.3 Å². The molecule has 0 spiro atoms. The fourth-order valence-electron chi connectivity index (χ4n) is 4.23. The second-order valence-electron chi connectivity index (χ2n) is 10.3. The van der Waals surface area contributed by atoms with Crippen molar-refractivity contribution in [3.63, 3.8) is 0 Å². The molecule has 0 saturated carbocycles. The molecule has 0 unspecified atom stereocenters. The number of aliphatic hydroxyl groups excluding tert-OH is 3. The average molecular weight is 529 g/mol. The van der Waals surface area contributed by atoms with Crippen molar-refractivity contribution in [1.82, 2.24) is 0 Å². The Morgan fingerprint density at radius 2 is 0.711 bits per heavy atom. The standard InChI is InChI=1S/C15H16O.C13H28O.C7H16O/c1-2-12-3-7-14(8-4-12)15-9-5-13(11-16)6-10-15;1-2-3-4-5-6-7-8-9-10-11-12-13-14;1-2-3-4-5-6-7-8/h3-10,16H,2,11H2,1H3;14H,2-13H2,1H3;8H,2-7H2,1H3. The van der Waals surface area contributed by atoms with Crippen LogP contribution in [0.25, 0.3) is 11.1 Å². The number of aliphatic hydroxyl groups is 3. The van der Waals surface area contributed by atoms with E-state index in [2.05, 4.69) is 45.0 Å². The van der Waals surface area contributed by atoms with Gasteiger partial charge in [-0.2, -0.15) is 0 Å². The fraction of sp³-hybridized carbons (Fsp3) is 0.657. The molecule has 3 N–H and O–H groups in total. The minimum atomic E-state index is 0.106. The molecule has 0 saturated heterocycles. The Balaban J connectivity index is 0.000000573. The van der Waals surface area contributed by atoms with Crippen LogP contribution < -0.4 is 0 Å². The summed E-state index contributed by atoms with van der Waals surface area (Å²) in [5.74, 6) is 0. The van der Waals surface area contributed by atoms with Gasteiger partial charge >= 0.3 is 0 Å². The minimum Gasteiger partial charge on any atom is -0.396 e. The maximum atomic E-state index is 8.97. The van der Waals surface area contributed by atoms with Crippen LogP contribution in [-0.2, 0) is 13.0 Å². The van der Waals surface area contributed by atoms with Gasteiger partial charge < -0.3 is 15.3 Å². The second kappa shape index (κ2) is 28.3. The maximum absolute atomic E-state index is 8.97. The van der Waals surface area contributed by atoms with Gasteiger partial charge in [0.15, 0.2) is 0 Å². The first-order valence-electron chi connectivity index (χ1n) is 15.7. The molecule has 0 amide bonds. The zero-order valence-electron chi connectivity index (χ0n) is 25.1. The van der Waals surface area contributed by atoms with E-state index in [9.17, 15) is 0 Å². The minimum absolute atomic E-state index is 0.106. The molecule has 0 aromatic heterocycles. The summed E-state index contributed by atoms with van der Waals surface area (Å²) >= 11 is 0. The van der Waals surface area contributed by atoms with Crippen LogP contribution in [-0.4, -0.2) is 28.5 Å². The van der Waals surface area contributed by atoms with Gasteiger partial charge in [-0.25, -0.2) is 0 Å². The molecule has 2 rings (SSSR count). The molecular formula is C35H60O3. The summed E-state index contributed by atoms with van der Waals surface area (Å²) in [7, 11) is 0. The third kappa shape index (κ3) is 21.3. The van der Waals surface area contributed by atoms with E-state index in [0.29, 0.717) is 13.2 Å². The second-order valence-corrected chi connectivity index (χ2v) is 10.3. The van der Waals surface area contributed by atoms with Crippen molar-refractivity contribution in [1.29, 1.82) is 0 Å². The Hall–Kier alpha value is -1.68. The number of hydrogen-bond acceptors (Lipinski definition) is 3. The van der Waals surface area contributed by atoms with Gasteiger partial charge in [0.05, 0.1) is 6.61 Å². The van der Waals surface area contributed by atoms with Gasteiger partial charge in [-0.05, 0) is 41.5 Å². The van der Waals surface area contributed by atoms with Crippen LogP contribution in [0.15, 0.2) is 48.5 Å². The summed E-state index contributed by atoms with van der Waals surface area (Å²) in [5.41, 5.74) is 4.73. The highest BCUT2D eigenvalue weighted by atomic mass is 16.3. The topological polar surface area (TPSA) is 60.7 Å². The number of rotatable bonds is 19. The van der Waals surface area contributed by atoms with Gasteiger partial charge in [-0.15, -0.1) is 0 Å². The summed E-state index contributed by atoms with van der Waals surface area (Å²) in [6.45, 7) is 7.46. The van der Waals surface area contributed by atoms with E-state index in [0.717, 1.165) is 24.8 Å². The predicted octanol–water partition coefficient (Wildman–Crippen LogP) is 9.65. The van der Waals surface area contributed by atoms with E-state index in [1.807, 2.05) is 24.3 Å². The molecular weight excluding hydrogens is 468 g/mol. The average Bonchev–Trinajstić information content (AvgIpc) is 2.97. The Labute approximate surface area is 235 Å². The molecule has 0 aliphatic carbocycles. The smallest absolute Gasteiger partial charge is 0.0681 e. The van der Waals surface area contributed by atoms with Crippen LogP contribution in [0.5, 0.6) is 0 Å². The van der Waals surface area contributed by atoms with Crippen LogP contribution >= 0.6 is 0 Å². The van der Waals surface area contributed by atoms with Gasteiger partial charge in [0.1, 0.15) is 0 Å². The van der Waals surface area contributed by atoms with E-state index < -0.39 is 0 Å². The summed E-state index contributed by atoms with van der Waals surface area (Å²) in [4.78, 5) is 0. The molecule has 2 aromatic rings. The van der Waals surface area contributed by atoms with Gasteiger partial charge in [0, 0.05) is 13.2 Å². The molecule has 0 aliphatic rings. The molecule has 3 heteroatoms. The highest BCUT2D eigenvalue weighted by Crippen LogP contribution is 2.20. The van der Waals surface area contributed by atoms with Crippen molar-refractivity contribution in [3.05, 3.63) is 59.7 Å². The van der Waals surface area contributed by atoms with Crippen molar-refractivity contribution in [2.45, 2.75) is 137 Å². The van der Waals surface area contributed by atoms with E-state index in [1.54, 1.807) is 0 Å². The lowest BCUT2D eigenvalue weighted by molar-refractivity contribution is 0.281. The van der Waals surface area contributed by atoms with Crippen LogP contribution in [0.3, 0.4) is 0 Å². The number of hydrogen-bond donors (Lipinski definition) is 3. The lowest BCUT2D eigenvalue weighted by Gasteiger charge is -2.04. The third-order valence-electron chi connectivity index (χ3n) is 6.86. The lowest BCUT2D eigenvalue weighted by Crippen LogP contribution is -1.84. The van der Waals surface area contributed by atoms with Gasteiger partial charge in [0.2, 0.25) is 0 Å². The highest BCUT2D eigenvalue weighted by molar-refractivity contribution is 5.63. The van der Waals surface area contributed by atoms with Gasteiger partial charge in [-0.1, -0.05) is 159 Å². The lowest BCUT2D eigenvalue weighted by atomic mass is 10.0. The summed E-state index contributed by atoms with van der Waals surface area (Å²) in [6, 6.07) is 16.6. The number of unbranched alkanes of at least 4 members (excludes halogenated alkanes) is 14. The highest BCUT2D eigenvalue weighted by Gasteiger charge is 1.98. The predicted molar refractivity (Wildman–Crippen MR) is 167 cm³/mol. The third-order valence-corrected chi connectivity index (χ3v) is 6.86. The molecule has 218 valence electrons. The first kappa shape index (κ1) is 36.3. The van der Waals surface area contributed by atoms with Crippen molar-refractivity contribution in [2.24, 2.45) is 0 Å². The van der Waals surface area contributed by atoms with E-state index in [-0.39, 0.29) is 6.61 Å². The Kier molecular flexibility index (Phi) is 27.1. The molecule has 0 bridgehead atoms. The molecule has 0 atom stereocenters. The first-order chi connectivity index (χ1) is 18.7. The zero-order chi connectivity index (χ0) is 28.1. The normalized spacial score (nSPS) is 10.4. The van der Waals surface area contributed by atoms with E-state index in [4.69, 9.17) is 15.3 Å². The zero-order valence-corrected chi connectivity index (χ0v) is 25.1. The number of benzene rings is 2. The quantitative estimate of drug-likeness (QED) is 0.159. The SMILES string of the molecule is CCCCCCCCCCCCCO.CCCCCCCO.CCc1ccc(-c2ccc(CO)cc2)cc1. The molecule has 0 radical (unpaired) electrons. The van der Waals surface area contributed by atoms with Gasteiger partial charge in [-0.3, -0.25) is 0 Å². The summed E-state index contributed by atoms with van der Waals surface area (Å²) in [5, 5.41) is 25.9. The molecule has 0 heterocycles. The van der Waals surface area contributed by atoms with Crippen molar-refractivity contribution in [3.8, 4) is 11.1 Å². The van der Waals surface area contributed by atoms with Gasteiger partial charge in [0.25, 0.3) is 0 Å². The van der Waals surface area contributed by atoms with Crippen LogP contribution in [0.2, 0.25) is 0 Å². The first-order valence-corrected chi connectivity index (χ1v) is 15.7. The fourth-order valence-corrected chi connectivity index (χ4v) is 4.23. The Morgan fingerprint density at radius 1 is 0.395 bits per heavy atom. The van der Waals surface area contributed by atoms with Crippen LogP contribution in [0, 0.1) is 0 Å². The van der Waals surface area contributed by atoms with E-state index >= 15 is 0 Å². The molecule has 2 aromatic carbocycles.